The summed E-state index contributed by atoms with van der Waals surface area (Å²) in [5.41, 5.74) is 0. The lowest BCUT2D eigenvalue weighted by atomic mass is 9.95. The molecule has 12 nitrogen and oxygen atoms in total. The number of nitrogens with zero attached hydrogens (tertiary/aromatic N) is 2. The summed E-state index contributed by atoms with van der Waals surface area (Å²) in [7, 11) is 0. The molecule has 13 heteroatoms. The number of halogens is 1. The van der Waals surface area contributed by atoms with Gasteiger partial charge in [0.05, 0.1) is 18.4 Å². The van der Waals surface area contributed by atoms with Crippen LogP contribution in [0.1, 0.15) is 96.8 Å². The summed E-state index contributed by atoms with van der Waals surface area (Å²) in [5, 5.41) is 45.9. The largest absolute Gasteiger partial charge is 0.406 e. The molecule has 5 N–H and O–H groups in total. The van der Waals surface area contributed by atoms with Crippen LogP contribution in [0.4, 0.5) is 4.79 Å². The number of alkyl halides is 1. The fourth-order valence-electron chi connectivity index (χ4n) is 4.37. The van der Waals surface area contributed by atoms with Gasteiger partial charge in [0.2, 0.25) is 0 Å². The Labute approximate surface area is 229 Å². The summed E-state index contributed by atoms with van der Waals surface area (Å²) < 4.78 is 10.2. The molecule has 0 radical (unpaired) electrons. The fourth-order valence-corrected chi connectivity index (χ4v) is 4.53. The van der Waals surface area contributed by atoms with E-state index in [1.807, 2.05) is 0 Å². The molecule has 0 aromatic rings. The zero-order valence-corrected chi connectivity index (χ0v) is 23.2. The van der Waals surface area contributed by atoms with E-state index in [9.17, 15) is 34.9 Å². The number of hydrogen-bond donors (Lipinski definition) is 5. The van der Waals surface area contributed by atoms with Gasteiger partial charge in [-0.3, -0.25) is 4.79 Å². The Morgan fingerprint density at radius 1 is 0.974 bits per heavy atom. The van der Waals surface area contributed by atoms with E-state index in [0.717, 1.165) is 25.7 Å². The number of unbranched alkanes of at least 4 members (excludes halogenated alkanes) is 12. The SMILES string of the molecule is CCCCCCCCCCCCCCCC(=O)O[C@@]1(O)O[C@H](CO)[C@@H](O)[C@H](O)[C@@H]1NC(=O)N(CCCl)N=O. The lowest BCUT2D eigenvalue weighted by Gasteiger charge is -2.46. The van der Waals surface area contributed by atoms with E-state index >= 15 is 0 Å². The molecule has 0 aliphatic carbocycles. The zero-order chi connectivity index (χ0) is 28.4. The van der Waals surface area contributed by atoms with E-state index in [1.54, 1.807) is 0 Å². The van der Waals surface area contributed by atoms with Crippen LogP contribution in [-0.4, -0.2) is 86.8 Å². The van der Waals surface area contributed by atoms with Gasteiger partial charge in [0.15, 0.2) is 6.04 Å². The number of carbonyl (C=O) groups is 2. The van der Waals surface area contributed by atoms with Gasteiger partial charge in [0.1, 0.15) is 18.3 Å². The molecule has 1 aliphatic rings. The normalized spacial score (nSPS) is 25.1. The number of carbonyl (C=O) groups excluding carboxylic acids is 2. The zero-order valence-electron chi connectivity index (χ0n) is 22.4. The van der Waals surface area contributed by atoms with Gasteiger partial charge in [-0.2, -0.15) is 5.01 Å². The number of nitroso groups, excluding NO2 is 1. The van der Waals surface area contributed by atoms with Gasteiger partial charge in [-0.1, -0.05) is 84.0 Å². The minimum atomic E-state index is -2.91. The number of aliphatic hydroxyl groups is 4. The maximum absolute atomic E-state index is 12.4. The third-order valence-electron chi connectivity index (χ3n) is 6.62. The van der Waals surface area contributed by atoms with E-state index in [2.05, 4.69) is 17.5 Å². The molecule has 0 unspecified atom stereocenters. The van der Waals surface area contributed by atoms with Crippen molar-refractivity contribution in [1.29, 1.82) is 0 Å². The van der Waals surface area contributed by atoms with Gasteiger partial charge in [0.25, 0.3) is 0 Å². The molecule has 1 rings (SSSR count). The summed E-state index contributed by atoms with van der Waals surface area (Å²) in [6, 6.07) is -3.06. The highest BCUT2D eigenvalue weighted by Gasteiger charge is 2.57. The minimum Gasteiger partial charge on any atom is -0.406 e. The predicted octanol–water partition coefficient (Wildman–Crippen LogP) is 3.07. The van der Waals surface area contributed by atoms with Crippen LogP contribution >= 0.6 is 11.6 Å². The summed E-state index contributed by atoms with van der Waals surface area (Å²) >= 11 is 5.52. The van der Waals surface area contributed by atoms with Gasteiger partial charge in [0, 0.05) is 12.3 Å². The third-order valence-corrected chi connectivity index (χ3v) is 6.79. The van der Waals surface area contributed by atoms with Gasteiger partial charge >= 0.3 is 18.0 Å². The first kappa shape index (κ1) is 34.5. The first-order valence-corrected chi connectivity index (χ1v) is 14.3. The van der Waals surface area contributed by atoms with Crippen LogP contribution in [0.5, 0.6) is 0 Å². The highest BCUT2D eigenvalue weighted by atomic mass is 35.5. The van der Waals surface area contributed by atoms with Crippen LogP contribution in [0.2, 0.25) is 0 Å². The lowest BCUT2D eigenvalue weighted by Crippen LogP contribution is -2.72. The Hall–Kier alpha value is -1.57. The summed E-state index contributed by atoms with van der Waals surface area (Å²) in [6.07, 6.45) is 9.49. The Balaban J connectivity index is 2.48. The molecule has 0 aromatic carbocycles. The number of rotatable bonds is 20. The molecule has 1 heterocycles. The van der Waals surface area contributed by atoms with Crippen LogP contribution in [-0.2, 0) is 14.3 Å². The molecule has 5 atom stereocenters. The van der Waals surface area contributed by atoms with Crippen molar-refractivity contribution in [3.05, 3.63) is 4.91 Å². The van der Waals surface area contributed by atoms with E-state index in [1.165, 1.54) is 51.4 Å². The van der Waals surface area contributed by atoms with Crippen molar-refractivity contribution in [3.8, 4) is 0 Å². The van der Waals surface area contributed by atoms with Crippen LogP contribution in [0.3, 0.4) is 0 Å². The maximum atomic E-state index is 12.4. The van der Waals surface area contributed by atoms with Gasteiger partial charge < -0.3 is 35.2 Å². The lowest BCUT2D eigenvalue weighted by molar-refractivity contribution is -0.409. The van der Waals surface area contributed by atoms with Crippen LogP contribution in [0.25, 0.3) is 0 Å². The molecular weight excluding hydrogens is 522 g/mol. The second-order valence-electron chi connectivity index (χ2n) is 9.74. The molecular formula is C25H46ClN3O9. The van der Waals surface area contributed by atoms with Crippen LogP contribution in [0.15, 0.2) is 5.29 Å². The standard InChI is InChI=1S/C25H46ClN3O9/c1-2-3-4-5-6-7-8-9-10-11-12-13-14-15-20(31)38-25(35)23(22(33)21(32)19(18-30)37-25)27-24(34)29(28-36)17-16-26/h19,21-23,30,32-33,35H,2-18H2,1H3,(H,27,34)/t19-,21-,22+,23+,25+/m1/s1. The van der Waals surface area contributed by atoms with Crippen molar-refractivity contribution < 1.29 is 39.5 Å². The highest BCUT2D eigenvalue weighted by molar-refractivity contribution is 6.18. The van der Waals surface area contributed by atoms with Gasteiger partial charge in [-0.25, -0.2) is 4.79 Å². The average molecular weight is 568 g/mol. The van der Waals surface area contributed by atoms with Gasteiger partial charge in [-0.15, -0.1) is 16.5 Å². The molecule has 0 saturated carbocycles. The molecule has 0 aromatic heterocycles. The molecule has 222 valence electrons. The Morgan fingerprint density at radius 3 is 1.97 bits per heavy atom. The number of ether oxygens (including phenoxy) is 2. The monoisotopic (exact) mass is 567 g/mol. The number of aliphatic hydroxyl groups excluding tert-OH is 3. The average Bonchev–Trinajstić information content (AvgIpc) is 2.89. The topological polar surface area (TPSA) is 178 Å². The van der Waals surface area contributed by atoms with Gasteiger partial charge in [-0.05, 0) is 6.42 Å². The van der Waals surface area contributed by atoms with Crippen molar-refractivity contribution in [2.75, 3.05) is 19.0 Å². The number of esters is 1. The van der Waals surface area contributed by atoms with Crippen molar-refractivity contribution in [1.82, 2.24) is 10.3 Å². The number of amides is 2. The van der Waals surface area contributed by atoms with Crippen LogP contribution < -0.4 is 5.32 Å². The predicted molar refractivity (Wildman–Crippen MR) is 141 cm³/mol. The molecule has 1 aliphatic heterocycles. The summed E-state index contributed by atoms with van der Waals surface area (Å²) in [5.74, 6) is -3.90. The van der Waals surface area contributed by atoms with E-state index in [4.69, 9.17) is 21.1 Å². The number of urea groups is 1. The summed E-state index contributed by atoms with van der Waals surface area (Å²) in [6.45, 7) is 1.12. The first-order chi connectivity index (χ1) is 18.2. The molecule has 1 fully saturated rings. The molecule has 1 saturated heterocycles. The molecule has 0 spiro atoms. The van der Waals surface area contributed by atoms with Crippen molar-refractivity contribution in [2.24, 2.45) is 5.29 Å². The second-order valence-corrected chi connectivity index (χ2v) is 10.1. The quantitative estimate of drug-likeness (QED) is 0.0369. The van der Waals surface area contributed by atoms with Crippen molar-refractivity contribution in [2.45, 2.75) is 127 Å². The Morgan fingerprint density at radius 2 is 1.50 bits per heavy atom. The minimum absolute atomic E-state index is 0.0548. The molecule has 2 amide bonds. The fraction of sp³-hybridized carbons (Fsp3) is 0.920. The third kappa shape index (κ3) is 12.1. The van der Waals surface area contributed by atoms with Crippen molar-refractivity contribution in [3.63, 3.8) is 0 Å². The van der Waals surface area contributed by atoms with E-state index in [0.29, 0.717) is 11.4 Å². The van der Waals surface area contributed by atoms with E-state index < -0.39 is 48.9 Å². The van der Waals surface area contributed by atoms with Crippen molar-refractivity contribution >= 4 is 23.6 Å². The smallest absolute Gasteiger partial charge is 0.351 e. The number of nitrogens with one attached hydrogen (secondary N) is 1. The maximum Gasteiger partial charge on any atom is 0.351 e. The number of hydrogen-bond acceptors (Lipinski definition) is 10. The summed E-state index contributed by atoms with van der Waals surface area (Å²) in [4.78, 5) is 35.7. The molecule has 0 bridgehead atoms. The van der Waals surface area contributed by atoms with Crippen LogP contribution in [0, 0.1) is 4.91 Å². The molecule has 38 heavy (non-hydrogen) atoms. The van der Waals surface area contributed by atoms with E-state index in [-0.39, 0.29) is 18.8 Å². The highest BCUT2D eigenvalue weighted by Crippen LogP contribution is 2.30. The Bertz CT molecular complexity index is 690. The Kier molecular flexibility index (Phi) is 17.7. The second kappa shape index (κ2) is 19.5. The first-order valence-electron chi connectivity index (χ1n) is 13.8.